The van der Waals surface area contributed by atoms with Crippen molar-refractivity contribution in [3.8, 4) is 0 Å². The van der Waals surface area contributed by atoms with E-state index < -0.39 is 36.7 Å². The summed E-state index contributed by atoms with van der Waals surface area (Å²) in [5, 5.41) is 0. The van der Waals surface area contributed by atoms with Gasteiger partial charge in [-0.15, -0.1) is 0 Å². The number of hydrogen-bond acceptors (Lipinski definition) is 2. The van der Waals surface area contributed by atoms with Crippen LogP contribution in [0.15, 0.2) is 4.99 Å². The molecule has 0 saturated carbocycles. The summed E-state index contributed by atoms with van der Waals surface area (Å²) in [6.07, 6.45) is -9.93. The predicted molar refractivity (Wildman–Crippen MR) is 51.5 cm³/mol. The molecular formula is C10H13F6NO. The van der Waals surface area contributed by atoms with Crippen molar-refractivity contribution in [1.29, 1.82) is 0 Å². The van der Waals surface area contributed by atoms with Crippen molar-refractivity contribution >= 4 is 6.08 Å². The second kappa shape index (κ2) is 6.22. The van der Waals surface area contributed by atoms with Crippen molar-refractivity contribution in [2.45, 2.75) is 32.6 Å². The standard InChI is InChI=1S/C10H13F6NO/c1-3-7(6(2)4-17-5-18)8(9(11,12)13)10(14,15)16/h6-8H,3-4H2,1-2H3. The number of alkyl halides is 6. The molecule has 18 heavy (non-hydrogen) atoms. The van der Waals surface area contributed by atoms with Crippen LogP contribution in [0.1, 0.15) is 20.3 Å². The van der Waals surface area contributed by atoms with Crippen LogP contribution in [0.3, 0.4) is 0 Å². The van der Waals surface area contributed by atoms with Crippen LogP contribution in [-0.4, -0.2) is 25.0 Å². The van der Waals surface area contributed by atoms with E-state index >= 15 is 0 Å². The molecular weight excluding hydrogens is 264 g/mol. The molecule has 0 saturated heterocycles. The Morgan fingerprint density at radius 1 is 1.11 bits per heavy atom. The van der Waals surface area contributed by atoms with Gasteiger partial charge >= 0.3 is 12.4 Å². The molecule has 0 radical (unpaired) electrons. The zero-order valence-corrected chi connectivity index (χ0v) is 9.77. The Labute approximate surface area is 100 Å². The lowest BCUT2D eigenvalue weighted by atomic mass is 9.79. The molecule has 0 spiro atoms. The molecule has 0 aromatic rings. The molecule has 2 unspecified atom stereocenters. The van der Waals surface area contributed by atoms with Crippen molar-refractivity contribution < 1.29 is 31.1 Å². The fourth-order valence-corrected chi connectivity index (χ4v) is 1.95. The van der Waals surface area contributed by atoms with Crippen LogP contribution in [0.5, 0.6) is 0 Å². The largest absolute Gasteiger partial charge is 0.400 e. The number of carbonyl (C=O) groups excluding carboxylic acids is 1. The molecule has 0 N–H and O–H groups in total. The van der Waals surface area contributed by atoms with Gasteiger partial charge in [0.15, 0.2) is 5.92 Å². The van der Waals surface area contributed by atoms with Gasteiger partial charge < -0.3 is 0 Å². The van der Waals surface area contributed by atoms with Gasteiger partial charge in [0.2, 0.25) is 6.08 Å². The van der Waals surface area contributed by atoms with Gasteiger partial charge in [-0.3, -0.25) is 0 Å². The van der Waals surface area contributed by atoms with E-state index in [9.17, 15) is 31.1 Å². The fraction of sp³-hybridized carbons (Fsp3) is 0.900. The summed E-state index contributed by atoms with van der Waals surface area (Å²) in [6, 6.07) is 0. The third-order valence-electron chi connectivity index (χ3n) is 2.78. The van der Waals surface area contributed by atoms with Gasteiger partial charge in [0, 0.05) is 0 Å². The highest BCUT2D eigenvalue weighted by Crippen LogP contribution is 2.47. The maximum Gasteiger partial charge on any atom is 0.400 e. The molecule has 106 valence electrons. The zero-order chi connectivity index (χ0) is 14.6. The summed E-state index contributed by atoms with van der Waals surface area (Å²) < 4.78 is 75.0. The highest BCUT2D eigenvalue weighted by molar-refractivity contribution is 5.32. The minimum absolute atomic E-state index is 0.306. The molecule has 2 nitrogen and oxygen atoms in total. The maximum atomic E-state index is 12.5. The van der Waals surface area contributed by atoms with Crippen LogP contribution in [-0.2, 0) is 4.79 Å². The molecule has 0 heterocycles. The van der Waals surface area contributed by atoms with Gasteiger partial charge in [-0.05, 0) is 11.8 Å². The number of aliphatic imine (C=N–C) groups is 1. The Kier molecular flexibility index (Phi) is 5.86. The quantitative estimate of drug-likeness (QED) is 0.428. The van der Waals surface area contributed by atoms with E-state index in [4.69, 9.17) is 0 Å². The molecule has 0 amide bonds. The normalized spacial score (nSPS) is 16.3. The Balaban J connectivity index is 5.23. The molecule has 8 heteroatoms. The molecule has 0 aliphatic heterocycles. The van der Waals surface area contributed by atoms with E-state index in [0.29, 0.717) is 0 Å². The Hall–Kier alpha value is -1.04. The van der Waals surface area contributed by atoms with Gasteiger partial charge in [-0.2, -0.15) is 26.3 Å². The molecule has 0 bridgehead atoms. The lowest BCUT2D eigenvalue weighted by Crippen LogP contribution is -2.44. The summed E-state index contributed by atoms with van der Waals surface area (Å²) in [6.45, 7) is 2.06. The van der Waals surface area contributed by atoms with E-state index in [0.717, 1.165) is 6.08 Å². The van der Waals surface area contributed by atoms with Gasteiger partial charge in [0.1, 0.15) is 0 Å². The third kappa shape index (κ3) is 4.68. The van der Waals surface area contributed by atoms with Crippen LogP contribution in [0, 0.1) is 17.8 Å². The second-order valence-electron chi connectivity index (χ2n) is 4.04. The Bertz CT molecular complexity index is 290. The second-order valence-corrected chi connectivity index (χ2v) is 4.04. The highest BCUT2D eigenvalue weighted by Gasteiger charge is 2.60. The average Bonchev–Trinajstić information content (AvgIpc) is 2.18. The van der Waals surface area contributed by atoms with Crippen molar-refractivity contribution in [2.24, 2.45) is 22.7 Å². The summed E-state index contributed by atoms with van der Waals surface area (Å²) in [4.78, 5) is 12.9. The van der Waals surface area contributed by atoms with Crippen molar-refractivity contribution in [1.82, 2.24) is 0 Å². The van der Waals surface area contributed by atoms with Crippen molar-refractivity contribution in [2.75, 3.05) is 6.54 Å². The molecule has 0 aliphatic carbocycles. The summed E-state index contributed by atoms with van der Waals surface area (Å²) in [7, 11) is 0. The third-order valence-corrected chi connectivity index (χ3v) is 2.78. The lowest BCUT2D eigenvalue weighted by Gasteiger charge is -2.33. The minimum Gasteiger partial charge on any atom is -0.211 e. The van der Waals surface area contributed by atoms with Crippen molar-refractivity contribution in [3.63, 3.8) is 0 Å². The number of isocyanates is 1. The smallest absolute Gasteiger partial charge is 0.211 e. The zero-order valence-electron chi connectivity index (χ0n) is 9.77. The topological polar surface area (TPSA) is 29.4 Å². The van der Waals surface area contributed by atoms with E-state index in [1.165, 1.54) is 13.8 Å². The highest BCUT2D eigenvalue weighted by atomic mass is 19.4. The van der Waals surface area contributed by atoms with Gasteiger partial charge in [-0.25, -0.2) is 9.79 Å². The first-order valence-electron chi connectivity index (χ1n) is 5.22. The molecule has 0 rings (SSSR count). The van der Waals surface area contributed by atoms with Crippen LogP contribution in [0.4, 0.5) is 26.3 Å². The SMILES string of the molecule is CCC(C(C)CN=C=O)C(C(F)(F)F)C(F)(F)F. The molecule has 2 atom stereocenters. The Morgan fingerprint density at radius 3 is 1.83 bits per heavy atom. The van der Waals surface area contributed by atoms with Gasteiger partial charge in [0.25, 0.3) is 0 Å². The van der Waals surface area contributed by atoms with Gasteiger partial charge in [0.05, 0.1) is 6.54 Å². The average molecular weight is 277 g/mol. The van der Waals surface area contributed by atoms with Gasteiger partial charge in [-0.1, -0.05) is 20.3 Å². The first-order chi connectivity index (χ1) is 8.05. The number of rotatable bonds is 5. The van der Waals surface area contributed by atoms with E-state index in [-0.39, 0.29) is 6.42 Å². The molecule has 0 aromatic carbocycles. The first-order valence-corrected chi connectivity index (χ1v) is 5.22. The summed E-state index contributed by atoms with van der Waals surface area (Å²) in [5.41, 5.74) is 0. The number of nitrogens with zero attached hydrogens (tertiary/aromatic N) is 1. The monoisotopic (exact) mass is 277 g/mol. The number of hydrogen-bond donors (Lipinski definition) is 0. The van der Waals surface area contributed by atoms with E-state index in [1.54, 1.807) is 0 Å². The molecule has 0 fully saturated rings. The summed E-state index contributed by atoms with van der Waals surface area (Å²) >= 11 is 0. The minimum atomic E-state index is -5.36. The molecule has 0 aliphatic rings. The summed E-state index contributed by atoms with van der Waals surface area (Å²) in [5.74, 6) is -6.07. The fourth-order valence-electron chi connectivity index (χ4n) is 1.95. The van der Waals surface area contributed by atoms with Crippen LogP contribution in [0.25, 0.3) is 0 Å². The predicted octanol–water partition coefficient (Wildman–Crippen LogP) is 3.73. The lowest BCUT2D eigenvalue weighted by molar-refractivity contribution is -0.302. The number of halogens is 6. The van der Waals surface area contributed by atoms with Crippen LogP contribution < -0.4 is 0 Å². The van der Waals surface area contributed by atoms with Crippen LogP contribution in [0.2, 0.25) is 0 Å². The maximum absolute atomic E-state index is 12.5. The molecule has 0 aromatic heterocycles. The van der Waals surface area contributed by atoms with E-state index in [1.807, 2.05) is 0 Å². The van der Waals surface area contributed by atoms with Crippen LogP contribution >= 0.6 is 0 Å². The Morgan fingerprint density at radius 2 is 1.56 bits per heavy atom. The first kappa shape index (κ1) is 17.0. The van der Waals surface area contributed by atoms with Crippen molar-refractivity contribution in [3.05, 3.63) is 0 Å². The van der Waals surface area contributed by atoms with E-state index in [2.05, 4.69) is 4.99 Å².